The van der Waals surface area contributed by atoms with Gasteiger partial charge in [-0.05, 0) is 0 Å². The molecule has 0 rings (SSSR count). The van der Waals surface area contributed by atoms with E-state index in [9.17, 15) is 0 Å². The Kier molecular flexibility index (Phi) is 42.6. The molecule has 0 radical (unpaired) electrons. The second-order valence-corrected chi connectivity index (χ2v) is 21.7. The molecule has 0 aromatic carbocycles. The molecule has 0 saturated carbocycles. The predicted octanol–water partition coefficient (Wildman–Crippen LogP) is 2.24. The molecule has 9 heavy (non-hydrogen) atoms. The average Bonchev–Trinajstić information content (AvgIpc) is 0.722. The summed E-state index contributed by atoms with van der Waals surface area (Å²) < 4.78 is 0. The molecule has 0 aliphatic carbocycles. The number of quaternary nitrogens is 3. The molecule has 0 bridgehead atoms. The Bertz CT molecular complexity index is 99.0. The molecule has 13 N–H and O–H groups in total. The summed E-state index contributed by atoms with van der Waals surface area (Å²) in [4.78, 5) is 0. The summed E-state index contributed by atoms with van der Waals surface area (Å²) in [7, 11) is 15.2. The first-order chi connectivity index (χ1) is 2.00. The van der Waals surface area contributed by atoms with Crippen molar-refractivity contribution in [3.8, 4) is 0 Å². The second-order valence-electron chi connectivity index (χ2n) is 0.408. The SMILES string of the molecule is [NH4+].[NH4+].[NH4+].[OH-].[S]=[Mo](=[S])([S-])[S-]. The van der Waals surface area contributed by atoms with Gasteiger partial charge in [0.15, 0.2) is 0 Å². The molecule has 0 aromatic rings. The van der Waals surface area contributed by atoms with E-state index in [0.29, 0.717) is 0 Å². The number of rotatable bonds is 0. The van der Waals surface area contributed by atoms with Gasteiger partial charge in [-0.2, -0.15) is 0 Å². The van der Waals surface area contributed by atoms with Crippen molar-refractivity contribution >= 4 is 40.3 Å². The summed E-state index contributed by atoms with van der Waals surface area (Å²) in [6.45, 7) is 0. The normalized spacial score (nSPS) is 6.44. The summed E-state index contributed by atoms with van der Waals surface area (Å²) in [6, 6.07) is 0. The second kappa shape index (κ2) is 12.4. The van der Waals surface area contributed by atoms with Crippen LogP contribution in [0.5, 0.6) is 0 Å². The third kappa shape index (κ3) is 204. The van der Waals surface area contributed by atoms with Gasteiger partial charge < -0.3 is 23.9 Å². The van der Waals surface area contributed by atoms with Gasteiger partial charge in [0, 0.05) is 0 Å². The summed E-state index contributed by atoms with van der Waals surface area (Å²) in [6.07, 6.45) is 0. The molecule has 0 saturated heterocycles. The molecule has 0 amide bonds. The minimum atomic E-state index is -2.69. The van der Waals surface area contributed by atoms with Crippen LogP contribution in [0.2, 0.25) is 0 Å². The average molecular weight is 295 g/mol. The van der Waals surface area contributed by atoms with E-state index in [0.717, 1.165) is 0 Å². The van der Waals surface area contributed by atoms with E-state index in [2.05, 4.69) is 40.3 Å². The quantitative estimate of drug-likeness (QED) is 0.464. The van der Waals surface area contributed by atoms with Crippen molar-refractivity contribution in [1.29, 1.82) is 0 Å². The van der Waals surface area contributed by atoms with Crippen LogP contribution < -0.4 is 18.5 Å². The third-order valence-corrected chi connectivity index (χ3v) is 0. The molecular weight excluding hydrogens is 282 g/mol. The first-order valence-electron chi connectivity index (χ1n) is 0.667. The van der Waals surface area contributed by atoms with E-state index in [1.54, 1.807) is 0 Å². The van der Waals surface area contributed by atoms with Gasteiger partial charge in [-0.15, -0.1) is 0 Å². The van der Waals surface area contributed by atoms with Crippen LogP contribution in [-0.4, -0.2) is 5.48 Å². The fraction of sp³-hybridized carbons (Fsp3) is 0. The molecule has 0 heterocycles. The maximum atomic E-state index is 4.46. The van der Waals surface area contributed by atoms with E-state index in [1.165, 1.54) is 0 Å². The summed E-state index contributed by atoms with van der Waals surface area (Å²) in [5, 5.41) is 0. The molecule has 0 aliphatic rings. The zero-order valence-electron chi connectivity index (χ0n) is 5.49. The van der Waals surface area contributed by atoms with Gasteiger partial charge in [0.05, 0.1) is 0 Å². The van der Waals surface area contributed by atoms with Crippen LogP contribution >= 0.6 is 19.6 Å². The van der Waals surface area contributed by atoms with E-state index in [-0.39, 0.29) is 23.9 Å². The molecule has 0 spiro atoms. The van der Waals surface area contributed by atoms with Crippen LogP contribution in [0.3, 0.4) is 0 Å². The van der Waals surface area contributed by atoms with Gasteiger partial charge in [-0.3, -0.25) is 0 Å². The van der Waals surface area contributed by atoms with Crippen molar-refractivity contribution in [2.75, 3.05) is 0 Å². The molecule has 0 aromatic heterocycles. The topological polar surface area (TPSA) is 140 Å². The molecule has 4 nitrogen and oxygen atoms in total. The number of hydrogen-bond donors (Lipinski definition) is 3. The van der Waals surface area contributed by atoms with E-state index >= 15 is 0 Å². The standard InChI is InChI=1S/Mo.3H3N.H2O.4S/h;3*1H3;1H2;;;;/q;;;;;;;2*-1/p+2. The zero-order chi connectivity index (χ0) is 4.50. The Morgan fingerprint density at radius 1 is 0.889 bits per heavy atom. The summed E-state index contributed by atoms with van der Waals surface area (Å²) in [5.74, 6) is 0. The Morgan fingerprint density at radius 3 is 0.889 bits per heavy atom. The van der Waals surface area contributed by atoms with Crippen LogP contribution in [0.15, 0.2) is 0 Å². The van der Waals surface area contributed by atoms with Gasteiger partial charge in [-0.25, -0.2) is 0 Å². The van der Waals surface area contributed by atoms with Crippen LogP contribution in [0.4, 0.5) is 0 Å². The Balaban J connectivity index is -0.0000000133. The van der Waals surface area contributed by atoms with Crippen molar-refractivity contribution in [2.24, 2.45) is 0 Å². The van der Waals surface area contributed by atoms with Gasteiger partial charge in [0.2, 0.25) is 0 Å². The molecule has 64 valence electrons. The van der Waals surface area contributed by atoms with Gasteiger partial charge in [0.25, 0.3) is 0 Å². The Hall–Kier alpha value is 1.67. The Morgan fingerprint density at radius 2 is 0.889 bits per heavy atom. The maximum absolute atomic E-state index is 4.46. The molecule has 0 aliphatic heterocycles. The van der Waals surface area contributed by atoms with Crippen LogP contribution in [0.25, 0.3) is 0 Å². The van der Waals surface area contributed by atoms with Gasteiger partial charge in [0.1, 0.15) is 0 Å². The zero-order valence-corrected chi connectivity index (χ0v) is 10.8. The molecular formula is H13MoN3OS4. The minimum absolute atomic E-state index is 0. The van der Waals surface area contributed by atoms with Crippen molar-refractivity contribution in [3.05, 3.63) is 0 Å². The first-order valence-corrected chi connectivity index (χ1v) is 11.8. The van der Waals surface area contributed by atoms with Gasteiger partial charge >= 0.3 is 50.2 Å². The van der Waals surface area contributed by atoms with Crippen molar-refractivity contribution in [3.63, 3.8) is 0 Å². The van der Waals surface area contributed by atoms with Gasteiger partial charge in [-0.1, -0.05) is 0 Å². The molecule has 9 heteroatoms. The third-order valence-electron chi connectivity index (χ3n) is 0. The summed E-state index contributed by atoms with van der Waals surface area (Å²) >= 11 is 0. The summed E-state index contributed by atoms with van der Waals surface area (Å²) in [5.41, 5.74) is 0. The fourth-order valence-electron chi connectivity index (χ4n) is 0. The van der Waals surface area contributed by atoms with E-state index < -0.39 is 9.86 Å². The Labute approximate surface area is 73.5 Å². The van der Waals surface area contributed by atoms with Crippen LogP contribution in [0, 0.1) is 0 Å². The van der Waals surface area contributed by atoms with Crippen molar-refractivity contribution < 1.29 is 15.3 Å². The molecule has 0 unspecified atom stereocenters. The van der Waals surface area contributed by atoms with Crippen LogP contribution in [0.1, 0.15) is 0 Å². The van der Waals surface area contributed by atoms with Crippen molar-refractivity contribution in [1.82, 2.24) is 18.5 Å². The molecule has 0 atom stereocenters. The van der Waals surface area contributed by atoms with E-state index in [4.69, 9.17) is 0 Å². The predicted molar refractivity (Wildman–Crippen MR) is 49.8 cm³/mol. The first kappa shape index (κ1) is 31.0. The van der Waals surface area contributed by atoms with E-state index in [1.807, 2.05) is 0 Å². The van der Waals surface area contributed by atoms with Crippen molar-refractivity contribution in [2.45, 2.75) is 0 Å². The fourth-order valence-corrected chi connectivity index (χ4v) is 0. The molecule has 0 fully saturated rings. The van der Waals surface area contributed by atoms with Crippen LogP contribution in [-0.2, 0) is 30.5 Å². The number of hydrogen-bond acceptors (Lipinski definition) is 5. The monoisotopic (exact) mass is 297 g/mol.